The summed E-state index contributed by atoms with van der Waals surface area (Å²) in [7, 11) is -3.75. The molecular formula is C13H20O3SSi. The number of hydrogen-bond donors (Lipinski definition) is 1. The number of aryl methyl sites for hydroxylation is 1. The van der Waals surface area contributed by atoms with Gasteiger partial charge in [-0.15, -0.1) is 0 Å². The molecule has 2 radical (unpaired) electrons. The summed E-state index contributed by atoms with van der Waals surface area (Å²) in [5.74, 6) is 0. The van der Waals surface area contributed by atoms with Gasteiger partial charge in [-0.05, 0) is 48.2 Å². The summed E-state index contributed by atoms with van der Waals surface area (Å²) < 4.78 is 32.4. The SMILES string of the molecule is CCc1c(C)cc(S(=O)(=O)O)c([Si]C(C)C)c1C. The summed E-state index contributed by atoms with van der Waals surface area (Å²) in [6, 6.07) is 1.60. The highest BCUT2D eigenvalue weighted by Gasteiger charge is 2.21. The maximum atomic E-state index is 11.5. The summed E-state index contributed by atoms with van der Waals surface area (Å²) in [6.45, 7) is 10.0. The van der Waals surface area contributed by atoms with E-state index in [1.54, 1.807) is 6.07 Å². The molecule has 0 amide bonds. The third-order valence-corrected chi connectivity index (χ3v) is 5.53. The van der Waals surface area contributed by atoms with E-state index in [4.69, 9.17) is 0 Å². The van der Waals surface area contributed by atoms with Gasteiger partial charge in [-0.25, -0.2) is 0 Å². The molecule has 0 unspecified atom stereocenters. The van der Waals surface area contributed by atoms with Gasteiger partial charge in [-0.3, -0.25) is 4.55 Å². The number of rotatable bonds is 4. The Balaban J connectivity index is 3.61. The molecule has 1 aromatic rings. The molecule has 1 aromatic carbocycles. The minimum Gasteiger partial charge on any atom is -0.282 e. The van der Waals surface area contributed by atoms with Gasteiger partial charge in [0, 0.05) is 0 Å². The van der Waals surface area contributed by atoms with Gasteiger partial charge in [0.1, 0.15) is 0 Å². The van der Waals surface area contributed by atoms with Crippen LogP contribution in [0.3, 0.4) is 0 Å². The molecule has 0 spiro atoms. The van der Waals surface area contributed by atoms with E-state index >= 15 is 0 Å². The van der Waals surface area contributed by atoms with Crippen molar-refractivity contribution in [1.82, 2.24) is 0 Å². The zero-order valence-corrected chi connectivity index (χ0v) is 13.4. The van der Waals surface area contributed by atoms with E-state index < -0.39 is 10.1 Å². The lowest BCUT2D eigenvalue weighted by atomic mass is 10.0. The van der Waals surface area contributed by atoms with Crippen LogP contribution < -0.4 is 5.19 Å². The van der Waals surface area contributed by atoms with Gasteiger partial charge in [-0.2, -0.15) is 8.42 Å². The average Bonchev–Trinajstić information content (AvgIpc) is 2.20. The lowest BCUT2D eigenvalue weighted by Crippen LogP contribution is -2.28. The second-order valence-corrected chi connectivity index (χ2v) is 8.13. The molecule has 0 saturated carbocycles. The number of hydrogen-bond acceptors (Lipinski definition) is 2. The van der Waals surface area contributed by atoms with Crippen LogP contribution in [-0.4, -0.2) is 22.5 Å². The van der Waals surface area contributed by atoms with Gasteiger partial charge in [0.05, 0.1) is 14.4 Å². The Morgan fingerprint density at radius 1 is 1.33 bits per heavy atom. The Bertz CT molecular complexity index is 548. The molecule has 3 nitrogen and oxygen atoms in total. The third kappa shape index (κ3) is 3.21. The van der Waals surface area contributed by atoms with E-state index in [-0.39, 0.29) is 4.90 Å². The van der Waals surface area contributed by atoms with Crippen LogP contribution in [0.15, 0.2) is 11.0 Å². The molecule has 5 heteroatoms. The molecule has 0 aliphatic rings. The number of benzene rings is 1. The Morgan fingerprint density at radius 2 is 1.89 bits per heavy atom. The molecule has 0 atom stereocenters. The minimum atomic E-state index is -4.14. The first-order valence-corrected chi connectivity index (χ1v) is 8.57. The van der Waals surface area contributed by atoms with Crippen LogP contribution in [0.2, 0.25) is 5.54 Å². The highest BCUT2D eigenvalue weighted by Crippen LogP contribution is 2.19. The van der Waals surface area contributed by atoms with Crippen LogP contribution in [0.5, 0.6) is 0 Å². The molecule has 0 aliphatic carbocycles. The van der Waals surface area contributed by atoms with Gasteiger partial charge < -0.3 is 0 Å². The summed E-state index contributed by atoms with van der Waals surface area (Å²) in [5.41, 5.74) is 3.50. The fourth-order valence-electron chi connectivity index (χ4n) is 2.20. The van der Waals surface area contributed by atoms with Crippen LogP contribution in [0.4, 0.5) is 0 Å². The molecule has 0 saturated heterocycles. The summed E-state index contributed by atoms with van der Waals surface area (Å²) >= 11 is 0. The van der Waals surface area contributed by atoms with E-state index in [1.165, 1.54) is 5.56 Å². The zero-order valence-electron chi connectivity index (χ0n) is 11.5. The first-order valence-electron chi connectivity index (χ1n) is 6.05. The van der Waals surface area contributed by atoms with Crippen LogP contribution in [0, 0.1) is 13.8 Å². The zero-order chi connectivity index (χ0) is 14.1. The van der Waals surface area contributed by atoms with E-state index in [2.05, 4.69) is 20.8 Å². The topological polar surface area (TPSA) is 54.4 Å². The fourth-order valence-corrected chi connectivity index (χ4v) is 4.66. The monoisotopic (exact) mass is 284 g/mol. The molecule has 100 valence electrons. The average molecular weight is 284 g/mol. The van der Waals surface area contributed by atoms with Gasteiger partial charge in [0.25, 0.3) is 10.1 Å². The Labute approximate surface area is 112 Å². The summed E-state index contributed by atoms with van der Waals surface area (Å²) in [4.78, 5) is 0.0849. The van der Waals surface area contributed by atoms with E-state index in [0.29, 0.717) is 15.1 Å². The molecular weight excluding hydrogens is 264 g/mol. The maximum absolute atomic E-state index is 11.5. The molecule has 0 heterocycles. The second-order valence-electron chi connectivity index (χ2n) is 4.80. The second kappa shape index (κ2) is 5.55. The summed E-state index contributed by atoms with van der Waals surface area (Å²) in [6.07, 6.45) is 0.874. The van der Waals surface area contributed by atoms with Crippen LogP contribution >= 0.6 is 0 Å². The predicted octanol–water partition coefficient (Wildman–Crippen LogP) is 2.27. The van der Waals surface area contributed by atoms with E-state index in [9.17, 15) is 13.0 Å². The smallest absolute Gasteiger partial charge is 0.282 e. The Kier molecular flexibility index (Phi) is 4.75. The quantitative estimate of drug-likeness (QED) is 0.681. The molecule has 1 N–H and O–H groups in total. The lowest BCUT2D eigenvalue weighted by Gasteiger charge is -2.17. The van der Waals surface area contributed by atoms with Crippen molar-refractivity contribution in [3.05, 3.63) is 22.8 Å². The van der Waals surface area contributed by atoms with Crippen molar-refractivity contribution >= 4 is 24.8 Å². The first kappa shape index (κ1) is 15.4. The third-order valence-electron chi connectivity index (χ3n) is 2.96. The molecule has 0 bridgehead atoms. The predicted molar refractivity (Wildman–Crippen MR) is 75.6 cm³/mol. The van der Waals surface area contributed by atoms with Crippen molar-refractivity contribution in [3.8, 4) is 0 Å². The van der Waals surface area contributed by atoms with Gasteiger partial charge >= 0.3 is 0 Å². The van der Waals surface area contributed by atoms with Crippen molar-refractivity contribution in [1.29, 1.82) is 0 Å². The largest absolute Gasteiger partial charge is 0.294 e. The molecule has 1 rings (SSSR count). The van der Waals surface area contributed by atoms with Crippen LogP contribution in [0.1, 0.15) is 37.5 Å². The highest BCUT2D eigenvalue weighted by molar-refractivity contribution is 7.86. The molecule has 0 aromatic heterocycles. The van der Waals surface area contributed by atoms with Crippen molar-refractivity contribution in [2.75, 3.05) is 0 Å². The highest BCUT2D eigenvalue weighted by atomic mass is 32.2. The molecule has 18 heavy (non-hydrogen) atoms. The van der Waals surface area contributed by atoms with Crippen molar-refractivity contribution in [2.24, 2.45) is 0 Å². The van der Waals surface area contributed by atoms with Crippen molar-refractivity contribution < 1.29 is 13.0 Å². The van der Waals surface area contributed by atoms with Gasteiger partial charge in [-0.1, -0.05) is 26.3 Å². The Hall–Kier alpha value is -0.653. The normalized spacial score (nSPS) is 12.2. The van der Waals surface area contributed by atoms with Gasteiger partial charge in [0.2, 0.25) is 0 Å². The van der Waals surface area contributed by atoms with E-state index in [0.717, 1.165) is 22.7 Å². The van der Waals surface area contributed by atoms with Crippen LogP contribution in [-0.2, 0) is 16.5 Å². The minimum absolute atomic E-state index is 0.0849. The summed E-state index contributed by atoms with van der Waals surface area (Å²) in [5, 5.41) is 0.787. The van der Waals surface area contributed by atoms with Crippen LogP contribution in [0.25, 0.3) is 0 Å². The molecule has 0 aliphatic heterocycles. The standard InChI is InChI=1S/C13H20O3SSi/c1-6-11-9(4)7-12(17(14,15)16)13(10(11)5)18-8(2)3/h7-8H,6H2,1-5H3,(H,14,15,16). The fraction of sp³-hybridized carbons (Fsp3) is 0.538. The van der Waals surface area contributed by atoms with Gasteiger partial charge in [0.15, 0.2) is 0 Å². The Morgan fingerprint density at radius 3 is 2.28 bits per heavy atom. The first-order chi connectivity index (χ1) is 8.18. The molecule has 0 fully saturated rings. The lowest BCUT2D eigenvalue weighted by molar-refractivity contribution is 0.483. The van der Waals surface area contributed by atoms with E-state index in [1.807, 2.05) is 13.8 Å². The maximum Gasteiger partial charge on any atom is 0.294 e. The van der Waals surface area contributed by atoms with Crippen molar-refractivity contribution in [2.45, 2.75) is 51.5 Å². The van der Waals surface area contributed by atoms with Crippen molar-refractivity contribution in [3.63, 3.8) is 0 Å².